The zero-order valence-electron chi connectivity index (χ0n) is 21.6. The van der Waals surface area contributed by atoms with Crippen molar-refractivity contribution < 1.29 is 36.2 Å². The first-order valence-corrected chi connectivity index (χ1v) is 12.8. The first-order chi connectivity index (χ1) is 19.0. The van der Waals surface area contributed by atoms with Crippen molar-refractivity contribution in [3.8, 4) is 11.4 Å². The predicted octanol–water partition coefficient (Wildman–Crippen LogP) is 6.08. The van der Waals surface area contributed by atoms with Gasteiger partial charge in [0.05, 0.1) is 16.3 Å². The van der Waals surface area contributed by atoms with Crippen molar-refractivity contribution in [2.45, 2.75) is 64.8 Å². The molecule has 2 aromatic heterocycles. The molecule has 4 rings (SSSR count). The molecule has 1 aliphatic heterocycles. The van der Waals surface area contributed by atoms with Crippen LogP contribution in [0.1, 0.15) is 50.2 Å². The topological polar surface area (TPSA) is 80.4 Å². The number of alkyl halides is 3. The average Bonchev–Trinajstić information content (AvgIpc) is 3.24. The summed E-state index contributed by atoms with van der Waals surface area (Å²) in [5.41, 5.74) is -1.99. The number of pyridine rings is 1. The van der Waals surface area contributed by atoms with Gasteiger partial charge in [0.2, 0.25) is 0 Å². The molecule has 40 heavy (non-hydrogen) atoms. The maximum Gasteiger partial charge on any atom is 0.425 e. The van der Waals surface area contributed by atoms with Crippen molar-refractivity contribution in [1.29, 1.82) is 0 Å². The van der Waals surface area contributed by atoms with E-state index in [1.54, 1.807) is 6.92 Å². The highest BCUT2D eigenvalue weighted by atomic mass is 35.5. The average molecular weight is 589 g/mol. The predicted molar refractivity (Wildman–Crippen MR) is 136 cm³/mol. The second kappa shape index (κ2) is 12.5. The van der Waals surface area contributed by atoms with Crippen molar-refractivity contribution in [2.75, 3.05) is 6.61 Å². The van der Waals surface area contributed by atoms with Gasteiger partial charge in [-0.25, -0.2) is 13.6 Å². The normalized spacial score (nSPS) is 17.2. The molecule has 14 heteroatoms. The highest BCUT2D eigenvalue weighted by Crippen LogP contribution is 2.35. The van der Waals surface area contributed by atoms with Crippen LogP contribution in [-0.4, -0.2) is 44.5 Å². The van der Waals surface area contributed by atoms with Crippen LogP contribution in [0, 0.1) is 5.82 Å². The van der Waals surface area contributed by atoms with Crippen LogP contribution >= 0.6 is 11.6 Å². The molecule has 1 saturated heterocycles. The van der Waals surface area contributed by atoms with Crippen LogP contribution in [0.5, 0.6) is 5.75 Å². The van der Waals surface area contributed by atoms with E-state index >= 15 is 8.78 Å². The number of hydrogen-bond donors (Lipinski definition) is 0. The van der Waals surface area contributed by atoms with E-state index in [1.165, 1.54) is 22.9 Å². The van der Waals surface area contributed by atoms with E-state index in [0.717, 1.165) is 25.0 Å². The fraction of sp³-hybridized carbons (Fsp3) is 0.423. The lowest BCUT2D eigenvalue weighted by atomic mass is 10.1. The number of hydrogen-bond acceptors (Lipinski definition) is 6. The molecule has 0 bridgehead atoms. The molecule has 1 fully saturated rings. The Kier molecular flexibility index (Phi) is 9.26. The molecular weight excluding hydrogens is 563 g/mol. The molecule has 0 aliphatic carbocycles. The van der Waals surface area contributed by atoms with E-state index in [-0.39, 0.29) is 29.7 Å². The van der Waals surface area contributed by atoms with Crippen molar-refractivity contribution in [1.82, 2.24) is 19.3 Å². The molecule has 0 amide bonds. The van der Waals surface area contributed by atoms with Crippen LogP contribution in [0.15, 0.2) is 35.3 Å². The minimum absolute atomic E-state index is 0.0366. The Morgan fingerprint density at radius 2 is 2.10 bits per heavy atom. The summed E-state index contributed by atoms with van der Waals surface area (Å²) in [4.78, 5) is 17.0. The first kappa shape index (κ1) is 29.7. The second-order valence-electron chi connectivity index (χ2n) is 8.93. The number of aromatic nitrogens is 4. The van der Waals surface area contributed by atoms with E-state index in [9.17, 15) is 18.0 Å². The molecular formula is C26H26ClF5N4O4. The maximum atomic E-state index is 15.4. The van der Waals surface area contributed by atoms with Gasteiger partial charge in [-0.1, -0.05) is 11.6 Å². The SMILES string of the molecule is CCn1c(COC2CCCCO2)nn(-c2cc(O[C@@H](C)C(F)(F)F)c(/C(F)=C/c3ncccc3Cl)cc2F)c1=O. The molecule has 3 aromatic rings. The largest absolute Gasteiger partial charge is 0.480 e. The summed E-state index contributed by atoms with van der Waals surface area (Å²) in [6, 6.07) is 4.35. The number of rotatable bonds is 9. The molecule has 1 unspecified atom stereocenters. The lowest BCUT2D eigenvalue weighted by molar-refractivity contribution is -0.189. The lowest BCUT2D eigenvalue weighted by Gasteiger charge is -2.22. The molecule has 0 spiro atoms. The molecule has 0 radical (unpaired) electrons. The summed E-state index contributed by atoms with van der Waals surface area (Å²) >= 11 is 6.01. The van der Waals surface area contributed by atoms with Crippen LogP contribution in [-0.2, 0) is 22.6 Å². The third kappa shape index (κ3) is 6.70. The van der Waals surface area contributed by atoms with Gasteiger partial charge in [0.25, 0.3) is 0 Å². The Bertz CT molecular complexity index is 1430. The maximum absolute atomic E-state index is 15.4. The van der Waals surface area contributed by atoms with E-state index in [1.807, 2.05) is 0 Å². The third-order valence-electron chi connectivity index (χ3n) is 6.14. The van der Waals surface area contributed by atoms with Crippen molar-refractivity contribution in [3.63, 3.8) is 0 Å². The van der Waals surface area contributed by atoms with E-state index in [2.05, 4.69) is 10.1 Å². The Balaban J connectivity index is 1.76. The van der Waals surface area contributed by atoms with E-state index in [4.69, 9.17) is 25.8 Å². The minimum atomic E-state index is -4.82. The van der Waals surface area contributed by atoms with Gasteiger partial charge in [-0.3, -0.25) is 9.55 Å². The first-order valence-electron chi connectivity index (χ1n) is 12.5. The van der Waals surface area contributed by atoms with Crippen molar-refractivity contribution in [2.24, 2.45) is 0 Å². The molecule has 1 aromatic carbocycles. The van der Waals surface area contributed by atoms with Gasteiger partial charge < -0.3 is 14.2 Å². The Morgan fingerprint density at radius 1 is 1.32 bits per heavy atom. The quantitative estimate of drug-likeness (QED) is 0.282. The van der Waals surface area contributed by atoms with Crippen LogP contribution in [0.25, 0.3) is 17.6 Å². The number of benzene rings is 1. The second-order valence-corrected chi connectivity index (χ2v) is 9.33. The zero-order chi connectivity index (χ0) is 29.0. The van der Waals surface area contributed by atoms with E-state index < -0.39 is 52.9 Å². The fourth-order valence-corrected chi connectivity index (χ4v) is 4.15. The smallest absolute Gasteiger partial charge is 0.425 e. The van der Waals surface area contributed by atoms with E-state index in [0.29, 0.717) is 30.7 Å². The summed E-state index contributed by atoms with van der Waals surface area (Å²) in [5, 5.41) is 4.21. The molecule has 2 atom stereocenters. The molecule has 1 aliphatic rings. The van der Waals surface area contributed by atoms with Gasteiger partial charge in [0.15, 0.2) is 18.2 Å². The van der Waals surface area contributed by atoms with Crippen LogP contribution in [0.3, 0.4) is 0 Å². The Hall–Kier alpha value is -3.29. The Labute approximate surface area is 230 Å². The number of nitrogens with zero attached hydrogens (tertiary/aromatic N) is 4. The van der Waals surface area contributed by atoms with Gasteiger partial charge in [-0.05, 0) is 51.3 Å². The standard InChI is InChI=1S/C26H26ClF5N4O4/c1-3-35-23(14-39-24-8-4-5-10-38-24)34-36(25(35)37)21-13-22(40-15(2)26(30,31)32)16(11-19(21)29)18(28)12-20-17(27)7-6-9-33-20/h6-7,9,11-13,15,24H,3-5,8,10,14H2,1-2H3/b18-12-/t15-,24?/m0/s1. The highest BCUT2D eigenvalue weighted by molar-refractivity contribution is 6.32. The summed E-state index contributed by atoms with van der Waals surface area (Å²) in [6.07, 6.45) is -3.05. The zero-order valence-corrected chi connectivity index (χ0v) is 22.3. The Morgan fingerprint density at radius 3 is 2.75 bits per heavy atom. The fourth-order valence-electron chi connectivity index (χ4n) is 3.98. The molecule has 3 heterocycles. The van der Waals surface area contributed by atoms with Crippen LogP contribution in [0.4, 0.5) is 22.0 Å². The van der Waals surface area contributed by atoms with Crippen molar-refractivity contribution in [3.05, 3.63) is 68.9 Å². The summed E-state index contributed by atoms with van der Waals surface area (Å²) in [7, 11) is 0. The minimum Gasteiger partial charge on any atom is -0.480 e. The molecule has 0 N–H and O–H groups in total. The summed E-state index contributed by atoms with van der Waals surface area (Å²) in [6.45, 7) is 2.94. The summed E-state index contributed by atoms with van der Waals surface area (Å²) < 4.78 is 88.9. The lowest BCUT2D eigenvalue weighted by Crippen LogP contribution is -2.31. The number of ether oxygens (including phenoxy) is 3. The highest BCUT2D eigenvalue weighted by Gasteiger charge is 2.39. The van der Waals surface area contributed by atoms with Gasteiger partial charge in [-0.2, -0.15) is 17.9 Å². The van der Waals surface area contributed by atoms with Gasteiger partial charge in [0.1, 0.15) is 29.7 Å². The summed E-state index contributed by atoms with van der Waals surface area (Å²) in [5.74, 6) is -2.83. The van der Waals surface area contributed by atoms with Gasteiger partial charge in [0, 0.05) is 31.5 Å². The molecule has 0 saturated carbocycles. The molecule has 216 valence electrons. The van der Waals surface area contributed by atoms with Crippen LogP contribution < -0.4 is 10.4 Å². The number of halogens is 6. The van der Waals surface area contributed by atoms with Gasteiger partial charge in [-0.15, -0.1) is 5.10 Å². The monoisotopic (exact) mass is 588 g/mol. The van der Waals surface area contributed by atoms with Crippen LogP contribution in [0.2, 0.25) is 5.02 Å². The third-order valence-corrected chi connectivity index (χ3v) is 6.46. The van der Waals surface area contributed by atoms with Crippen molar-refractivity contribution >= 4 is 23.5 Å². The van der Waals surface area contributed by atoms with Gasteiger partial charge >= 0.3 is 11.9 Å². The molecule has 8 nitrogen and oxygen atoms in total.